The number of thiophene rings is 1. The Morgan fingerprint density at radius 1 is 1.64 bits per heavy atom. The van der Waals surface area contributed by atoms with E-state index in [2.05, 4.69) is 4.98 Å². The van der Waals surface area contributed by atoms with Crippen LogP contribution in [0, 0.1) is 0 Å². The van der Waals surface area contributed by atoms with Crippen molar-refractivity contribution in [2.24, 2.45) is 0 Å². The van der Waals surface area contributed by atoms with E-state index in [0.29, 0.717) is 5.00 Å². The van der Waals surface area contributed by atoms with Crippen LogP contribution in [0.4, 0.5) is 5.00 Å². The van der Waals surface area contributed by atoms with Crippen molar-refractivity contribution in [1.82, 2.24) is 4.98 Å². The molecule has 0 aliphatic rings. The first-order valence-electron chi connectivity index (χ1n) is 2.98. The van der Waals surface area contributed by atoms with Gasteiger partial charge >= 0.3 is 0 Å². The Morgan fingerprint density at radius 3 is 3.18 bits per heavy atom. The molecule has 2 heterocycles. The molecule has 2 aromatic heterocycles. The monoisotopic (exact) mass is 186 g/mol. The van der Waals surface area contributed by atoms with E-state index in [1.165, 1.54) is 11.3 Å². The minimum Gasteiger partial charge on any atom is -0.492 e. The van der Waals surface area contributed by atoms with Gasteiger partial charge < -0.3 is 10.5 Å². The van der Waals surface area contributed by atoms with Gasteiger partial charge in [0, 0.05) is 0 Å². The summed E-state index contributed by atoms with van der Waals surface area (Å²) in [5, 5.41) is 0.710. The third kappa shape index (κ3) is 0.883. The minimum atomic E-state index is 0.710. The summed E-state index contributed by atoms with van der Waals surface area (Å²) in [5.41, 5.74) is 7.46. The van der Waals surface area contributed by atoms with Crippen molar-refractivity contribution in [1.29, 1.82) is 0 Å². The van der Waals surface area contributed by atoms with Crippen LogP contribution < -0.4 is 10.5 Å². The lowest BCUT2D eigenvalue weighted by atomic mass is 10.5. The van der Waals surface area contributed by atoms with Crippen LogP contribution in [0.25, 0.3) is 9.53 Å². The van der Waals surface area contributed by atoms with Crippen molar-refractivity contribution in [2.45, 2.75) is 0 Å². The van der Waals surface area contributed by atoms with Crippen LogP contribution in [0.2, 0.25) is 0 Å². The molecule has 0 aliphatic carbocycles. The van der Waals surface area contributed by atoms with Gasteiger partial charge in [-0.3, -0.25) is 0 Å². The van der Waals surface area contributed by atoms with E-state index in [1.807, 2.05) is 0 Å². The highest BCUT2D eigenvalue weighted by atomic mass is 32.1. The largest absolute Gasteiger partial charge is 0.492 e. The first kappa shape index (κ1) is 6.87. The molecule has 2 rings (SSSR count). The summed E-state index contributed by atoms with van der Waals surface area (Å²) < 4.78 is 6.16. The van der Waals surface area contributed by atoms with E-state index in [4.69, 9.17) is 10.5 Å². The molecule has 58 valence electrons. The molecule has 11 heavy (non-hydrogen) atoms. The number of nitrogens with zero attached hydrogens (tertiary/aromatic N) is 1. The number of hydrogen-bond acceptors (Lipinski definition) is 5. The SMILES string of the molecule is COc1c(N)sc2ncsc12. The topological polar surface area (TPSA) is 48.1 Å². The van der Waals surface area contributed by atoms with Gasteiger partial charge in [-0.1, -0.05) is 11.3 Å². The zero-order valence-electron chi connectivity index (χ0n) is 5.83. The summed E-state index contributed by atoms with van der Waals surface area (Å²) >= 11 is 3.02. The van der Waals surface area contributed by atoms with Gasteiger partial charge in [0.15, 0.2) is 5.75 Å². The number of nitrogens with two attached hydrogens (primary N) is 1. The summed E-state index contributed by atoms with van der Waals surface area (Å²) in [7, 11) is 1.62. The van der Waals surface area contributed by atoms with E-state index in [0.717, 1.165) is 15.3 Å². The van der Waals surface area contributed by atoms with E-state index >= 15 is 0 Å². The van der Waals surface area contributed by atoms with Gasteiger partial charge in [-0.05, 0) is 0 Å². The van der Waals surface area contributed by atoms with Crippen molar-refractivity contribution in [3.63, 3.8) is 0 Å². The predicted octanol–water partition coefficient (Wildman–Crippen LogP) is 1.95. The maximum absolute atomic E-state index is 5.67. The number of anilines is 1. The fourth-order valence-corrected chi connectivity index (χ4v) is 2.81. The first-order valence-corrected chi connectivity index (χ1v) is 4.68. The number of rotatable bonds is 1. The van der Waals surface area contributed by atoms with Gasteiger partial charge in [0.2, 0.25) is 0 Å². The lowest BCUT2D eigenvalue weighted by Crippen LogP contribution is -1.85. The second-order valence-corrected chi connectivity index (χ2v) is 3.87. The zero-order valence-corrected chi connectivity index (χ0v) is 7.46. The van der Waals surface area contributed by atoms with Crippen molar-refractivity contribution in [2.75, 3.05) is 12.8 Å². The predicted molar refractivity (Wildman–Crippen MR) is 48.5 cm³/mol. The molecule has 0 unspecified atom stereocenters. The number of methoxy groups -OCH3 is 1. The lowest BCUT2D eigenvalue weighted by molar-refractivity contribution is 0.424. The standard InChI is InChI=1S/C6H6N2OS2/c1-9-3-4-6(8-2-10-4)11-5(3)7/h2H,7H2,1H3. The zero-order chi connectivity index (χ0) is 7.84. The maximum atomic E-state index is 5.67. The molecule has 0 bridgehead atoms. The Morgan fingerprint density at radius 2 is 2.45 bits per heavy atom. The second kappa shape index (κ2) is 2.35. The minimum absolute atomic E-state index is 0.710. The Labute approximate surface area is 71.4 Å². The van der Waals surface area contributed by atoms with E-state index < -0.39 is 0 Å². The molecule has 0 amide bonds. The van der Waals surface area contributed by atoms with Gasteiger partial charge in [-0.15, -0.1) is 11.3 Å². The maximum Gasteiger partial charge on any atom is 0.172 e. The molecule has 2 N–H and O–H groups in total. The van der Waals surface area contributed by atoms with Crippen LogP contribution in [-0.4, -0.2) is 12.1 Å². The molecule has 2 aromatic rings. The van der Waals surface area contributed by atoms with Crippen LogP contribution in [-0.2, 0) is 0 Å². The number of fused-ring (bicyclic) bond motifs is 1. The van der Waals surface area contributed by atoms with Gasteiger partial charge in [-0.2, -0.15) is 0 Å². The molecule has 0 atom stereocenters. The van der Waals surface area contributed by atoms with Crippen LogP contribution in [0.1, 0.15) is 0 Å². The van der Waals surface area contributed by atoms with Crippen molar-refractivity contribution < 1.29 is 4.74 Å². The molecule has 5 heteroatoms. The van der Waals surface area contributed by atoms with Crippen LogP contribution in [0.5, 0.6) is 5.75 Å². The highest BCUT2D eigenvalue weighted by Crippen LogP contribution is 2.41. The average Bonchev–Trinajstić information content (AvgIpc) is 2.46. The molecule has 0 aliphatic heterocycles. The normalized spacial score (nSPS) is 10.6. The average molecular weight is 186 g/mol. The Balaban J connectivity index is 2.80. The molecule has 0 saturated carbocycles. The smallest absolute Gasteiger partial charge is 0.172 e. The number of aromatic nitrogens is 1. The number of hydrogen-bond donors (Lipinski definition) is 1. The Bertz CT molecular complexity index is 379. The van der Waals surface area contributed by atoms with E-state index in [1.54, 1.807) is 24.0 Å². The number of thiazole rings is 1. The summed E-state index contributed by atoms with van der Waals surface area (Å²) in [5.74, 6) is 0.771. The van der Waals surface area contributed by atoms with Crippen molar-refractivity contribution >= 4 is 37.2 Å². The quantitative estimate of drug-likeness (QED) is 0.740. The molecule has 0 spiro atoms. The molecular weight excluding hydrogens is 180 g/mol. The molecule has 0 fully saturated rings. The molecule has 3 nitrogen and oxygen atoms in total. The van der Waals surface area contributed by atoms with Crippen LogP contribution in [0.15, 0.2) is 5.51 Å². The van der Waals surface area contributed by atoms with Crippen LogP contribution in [0.3, 0.4) is 0 Å². The Kier molecular flexibility index (Phi) is 1.47. The summed E-state index contributed by atoms with van der Waals surface area (Å²) in [6.07, 6.45) is 0. The summed E-state index contributed by atoms with van der Waals surface area (Å²) in [4.78, 5) is 5.09. The molecular formula is C6H6N2OS2. The molecule has 0 saturated heterocycles. The van der Waals surface area contributed by atoms with Gasteiger partial charge in [0.1, 0.15) is 14.5 Å². The Hall–Kier alpha value is -0.810. The second-order valence-electron chi connectivity index (χ2n) is 1.99. The van der Waals surface area contributed by atoms with Crippen molar-refractivity contribution in [3.05, 3.63) is 5.51 Å². The van der Waals surface area contributed by atoms with E-state index in [9.17, 15) is 0 Å². The van der Waals surface area contributed by atoms with Gasteiger partial charge in [0.25, 0.3) is 0 Å². The highest BCUT2D eigenvalue weighted by Gasteiger charge is 2.11. The number of ether oxygens (including phenoxy) is 1. The number of nitrogen functional groups attached to an aromatic ring is 1. The van der Waals surface area contributed by atoms with Gasteiger partial charge in [0.05, 0.1) is 12.6 Å². The van der Waals surface area contributed by atoms with Gasteiger partial charge in [-0.25, -0.2) is 4.98 Å². The lowest BCUT2D eigenvalue weighted by Gasteiger charge is -1.94. The third-order valence-corrected chi connectivity index (χ3v) is 3.24. The molecule has 0 aromatic carbocycles. The molecule has 0 radical (unpaired) electrons. The van der Waals surface area contributed by atoms with Crippen molar-refractivity contribution in [3.8, 4) is 5.75 Å². The summed E-state index contributed by atoms with van der Waals surface area (Å²) in [6, 6.07) is 0. The third-order valence-electron chi connectivity index (χ3n) is 1.38. The van der Waals surface area contributed by atoms with Crippen LogP contribution >= 0.6 is 22.7 Å². The fourth-order valence-electron chi connectivity index (χ4n) is 0.915. The highest BCUT2D eigenvalue weighted by molar-refractivity contribution is 7.29. The summed E-state index contributed by atoms with van der Waals surface area (Å²) in [6.45, 7) is 0. The fraction of sp³-hybridized carbons (Fsp3) is 0.167. The first-order chi connectivity index (χ1) is 5.33. The van der Waals surface area contributed by atoms with E-state index in [-0.39, 0.29) is 0 Å².